The van der Waals surface area contributed by atoms with E-state index in [0.29, 0.717) is 18.6 Å². The van der Waals surface area contributed by atoms with Crippen LogP contribution in [0.4, 0.5) is 17.6 Å². The number of aliphatic hydroxyl groups is 1. The van der Waals surface area contributed by atoms with E-state index in [4.69, 9.17) is 5.11 Å². The lowest BCUT2D eigenvalue weighted by Crippen LogP contribution is -2.22. The van der Waals surface area contributed by atoms with Gasteiger partial charge >= 0.3 is 12.1 Å². The molecule has 7 heteroatoms. The number of carboxylic acid groups (broad SMARTS) is 1. The van der Waals surface area contributed by atoms with Crippen molar-refractivity contribution in [2.24, 2.45) is 5.92 Å². The number of benzene rings is 1. The minimum absolute atomic E-state index is 0.106. The van der Waals surface area contributed by atoms with Gasteiger partial charge in [0, 0.05) is 0 Å². The van der Waals surface area contributed by atoms with Crippen LogP contribution in [-0.2, 0) is 11.0 Å². The highest BCUT2D eigenvalue weighted by Crippen LogP contribution is 2.35. The summed E-state index contributed by atoms with van der Waals surface area (Å²) in [5.41, 5.74) is -1.78. The van der Waals surface area contributed by atoms with E-state index in [9.17, 15) is 27.5 Å². The summed E-state index contributed by atoms with van der Waals surface area (Å²) in [6, 6.07) is 1.98. The van der Waals surface area contributed by atoms with E-state index in [1.165, 1.54) is 0 Å². The number of carboxylic acids is 1. The molecule has 0 aliphatic heterocycles. The van der Waals surface area contributed by atoms with E-state index < -0.39 is 35.5 Å². The van der Waals surface area contributed by atoms with E-state index in [1.54, 1.807) is 6.92 Å². The summed E-state index contributed by atoms with van der Waals surface area (Å²) in [4.78, 5) is 11.0. The van der Waals surface area contributed by atoms with E-state index in [-0.39, 0.29) is 12.0 Å². The van der Waals surface area contributed by atoms with E-state index in [2.05, 4.69) is 0 Å². The summed E-state index contributed by atoms with van der Waals surface area (Å²) < 4.78 is 50.8. The molecule has 1 aromatic rings. The molecular formula is C13H14F4O3. The third kappa shape index (κ3) is 3.69. The molecule has 0 saturated heterocycles. The first-order chi connectivity index (χ1) is 9.18. The summed E-state index contributed by atoms with van der Waals surface area (Å²) in [6.07, 6.45) is -5.96. The average Bonchev–Trinajstić information content (AvgIpc) is 2.34. The second-order valence-corrected chi connectivity index (χ2v) is 4.42. The van der Waals surface area contributed by atoms with Crippen molar-refractivity contribution in [3.8, 4) is 0 Å². The number of aliphatic carboxylic acids is 1. The minimum atomic E-state index is -4.90. The molecule has 2 N–H and O–H groups in total. The Kier molecular flexibility index (Phi) is 5.10. The number of alkyl halides is 3. The maximum absolute atomic E-state index is 13.1. The van der Waals surface area contributed by atoms with Gasteiger partial charge in [-0.2, -0.15) is 13.2 Å². The molecule has 0 radical (unpaired) electrons. The predicted molar refractivity (Wildman–Crippen MR) is 62.4 cm³/mol. The van der Waals surface area contributed by atoms with Gasteiger partial charge < -0.3 is 10.2 Å². The first kappa shape index (κ1) is 16.4. The Bertz CT molecular complexity index is 485. The van der Waals surface area contributed by atoms with Crippen LogP contribution in [0, 0.1) is 11.7 Å². The average molecular weight is 294 g/mol. The smallest absolute Gasteiger partial charge is 0.419 e. The van der Waals surface area contributed by atoms with Gasteiger partial charge in [-0.3, -0.25) is 4.79 Å². The second kappa shape index (κ2) is 6.21. The lowest BCUT2D eigenvalue weighted by Gasteiger charge is -2.20. The van der Waals surface area contributed by atoms with Crippen LogP contribution in [0.1, 0.15) is 37.0 Å². The van der Waals surface area contributed by atoms with Crippen molar-refractivity contribution in [3.05, 3.63) is 35.1 Å². The molecule has 2 atom stereocenters. The summed E-state index contributed by atoms with van der Waals surface area (Å²) in [6.45, 7) is 1.69. The second-order valence-electron chi connectivity index (χ2n) is 4.42. The number of halogens is 4. The number of hydrogen-bond acceptors (Lipinski definition) is 2. The first-order valence-corrected chi connectivity index (χ1v) is 5.96. The van der Waals surface area contributed by atoms with E-state index in [0.717, 1.165) is 6.07 Å². The Balaban J connectivity index is 3.16. The fourth-order valence-electron chi connectivity index (χ4n) is 1.90. The predicted octanol–water partition coefficient (Wildman–Crippen LogP) is 3.38. The Hall–Kier alpha value is -1.63. The molecule has 0 fully saturated rings. The van der Waals surface area contributed by atoms with Crippen molar-refractivity contribution in [2.75, 3.05) is 0 Å². The molecule has 20 heavy (non-hydrogen) atoms. The van der Waals surface area contributed by atoms with Crippen molar-refractivity contribution in [1.82, 2.24) is 0 Å². The standard InChI is InChI=1S/C13H14F4O3/c1-2-3-8(12(19)20)11(18)7-4-5-10(14)9(6-7)13(15,16)17/h4-6,8,11,18H,2-3H2,1H3,(H,19,20). The summed E-state index contributed by atoms with van der Waals surface area (Å²) >= 11 is 0. The lowest BCUT2D eigenvalue weighted by atomic mass is 9.91. The Morgan fingerprint density at radius 1 is 1.35 bits per heavy atom. The number of carbonyl (C=O) groups is 1. The van der Waals surface area contributed by atoms with Crippen LogP contribution in [0.2, 0.25) is 0 Å². The first-order valence-electron chi connectivity index (χ1n) is 5.96. The highest BCUT2D eigenvalue weighted by atomic mass is 19.4. The molecule has 0 saturated carbocycles. The number of hydrogen-bond donors (Lipinski definition) is 2. The van der Waals surface area contributed by atoms with Crippen LogP contribution in [0.5, 0.6) is 0 Å². The van der Waals surface area contributed by atoms with E-state index in [1.807, 2.05) is 0 Å². The van der Waals surface area contributed by atoms with E-state index >= 15 is 0 Å². The Morgan fingerprint density at radius 3 is 2.40 bits per heavy atom. The largest absolute Gasteiger partial charge is 0.481 e. The van der Waals surface area contributed by atoms with Crippen LogP contribution in [0.25, 0.3) is 0 Å². The van der Waals surface area contributed by atoms with Gasteiger partial charge in [-0.15, -0.1) is 0 Å². The molecule has 0 heterocycles. The SMILES string of the molecule is CCCC(C(=O)O)C(O)c1ccc(F)c(C(F)(F)F)c1. The fourth-order valence-corrected chi connectivity index (χ4v) is 1.90. The number of aliphatic hydroxyl groups excluding tert-OH is 1. The molecule has 0 amide bonds. The van der Waals surface area contributed by atoms with Gasteiger partial charge in [0.25, 0.3) is 0 Å². The zero-order valence-corrected chi connectivity index (χ0v) is 10.6. The quantitative estimate of drug-likeness (QED) is 0.818. The van der Waals surface area contributed by atoms with Crippen LogP contribution in [-0.4, -0.2) is 16.2 Å². The summed E-state index contributed by atoms with van der Waals surface area (Å²) in [5, 5.41) is 18.9. The van der Waals surface area contributed by atoms with Crippen molar-refractivity contribution in [1.29, 1.82) is 0 Å². The summed E-state index contributed by atoms with van der Waals surface area (Å²) in [7, 11) is 0. The molecule has 0 aliphatic rings. The molecule has 0 bridgehead atoms. The molecule has 0 aromatic heterocycles. The topological polar surface area (TPSA) is 57.5 Å². The van der Waals surface area contributed by atoms with Gasteiger partial charge in [-0.1, -0.05) is 19.4 Å². The van der Waals surface area contributed by atoms with Crippen LogP contribution < -0.4 is 0 Å². The highest BCUT2D eigenvalue weighted by Gasteiger charge is 2.36. The van der Waals surface area contributed by atoms with Crippen LogP contribution in [0.15, 0.2) is 18.2 Å². The van der Waals surface area contributed by atoms with Crippen molar-refractivity contribution >= 4 is 5.97 Å². The molecule has 112 valence electrons. The third-order valence-electron chi connectivity index (χ3n) is 2.94. The third-order valence-corrected chi connectivity index (χ3v) is 2.94. The van der Waals surface area contributed by atoms with Crippen LogP contribution >= 0.6 is 0 Å². The lowest BCUT2D eigenvalue weighted by molar-refractivity contribution is -0.146. The maximum atomic E-state index is 13.1. The molecule has 2 unspecified atom stereocenters. The van der Waals surface area contributed by atoms with Gasteiger partial charge in [-0.05, 0) is 24.1 Å². The number of rotatable bonds is 5. The van der Waals surface area contributed by atoms with Crippen molar-refractivity contribution < 1.29 is 32.6 Å². The normalized spacial score (nSPS) is 14.9. The molecule has 0 aliphatic carbocycles. The Morgan fingerprint density at radius 2 is 1.95 bits per heavy atom. The molecule has 0 spiro atoms. The Labute approximate surface area is 112 Å². The zero-order chi connectivity index (χ0) is 15.5. The molecule has 1 aromatic carbocycles. The molecule has 1 rings (SSSR count). The summed E-state index contributed by atoms with van der Waals surface area (Å²) in [5.74, 6) is -4.00. The van der Waals surface area contributed by atoms with Crippen molar-refractivity contribution in [2.45, 2.75) is 32.0 Å². The maximum Gasteiger partial charge on any atom is 0.419 e. The van der Waals surface area contributed by atoms with Gasteiger partial charge in [0.1, 0.15) is 5.82 Å². The minimum Gasteiger partial charge on any atom is -0.481 e. The van der Waals surface area contributed by atoms with Gasteiger partial charge in [-0.25, -0.2) is 4.39 Å². The molecular weight excluding hydrogens is 280 g/mol. The van der Waals surface area contributed by atoms with Crippen molar-refractivity contribution in [3.63, 3.8) is 0 Å². The fraction of sp³-hybridized carbons (Fsp3) is 0.462. The van der Waals surface area contributed by atoms with Gasteiger partial charge in [0.2, 0.25) is 0 Å². The highest BCUT2D eigenvalue weighted by molar-refractivity contribution is 5.71. The zero-order valence-electron chi connectivity index (χ0n) is 10.6. The monoisotopic (exact) mass is 294 g/mol. The van der Waals surface area contributed by atoms with Gasteiger partial charge in [0.05, 0.1) is 17.6 Å². The van der Waals surface area contributed by atoms with Crippen LogP contribution in [0.3, 0.4) is 0 Å². The molecule has 3 nitrogen and oxygen atoms in total. The van der Waals surface area contributed by atoms with Gasteiger partial charge in [0.15, 0.2) is 0 Å².